The SMILES string of the molecule is COc1ccc(CN(C[C@H]2CCCO2)C(=O)C(C)C)cc1OS(=O)(=O)c1ccc(Cl)c(Cl)c1. The van der Waals surface area contributed by atoms with Crippen LogP contribution < -0.4 is 8.92 Å². The van der Waals surface area contributed by atoms with Crippen LogP contribution in [-0.4, -0.2) is 45.6 Å². The van der Waals surface area contributed by atoms with Crippen LogP contribution in [0.1, 0.15) is 32.3 Å². The van der Waals surface area contributed by atoms with Gasteiger partial charge >= 0.3 is 10.1 Å². The van der Waals surface area contributed by atoms with Crippen molar-refractivity contribution in [3.63, 3.8) is 0 Å². The molecular formula is C23H27Cl2NO6S. The third-order valence-electron chi connectivity index (χ3n) is 5.23. The van der Waals surface area contributed by atoms with E-state index < -0.39 is 10.1 Å². The number of hydrogen-bond donors (Lipinski definition) is 0. The normalized spacial score (nSPS) is 16.1. The lowest BCUT2D eigenvalue weighted by molar-refractivity contribution is -0.136. The minimum atomic E-state index is -4.20. The van der Waals surface area contributed by atoms with E-state index >= 15 is 0 Å². The molecule has 1 saturated heterocycles. The number of amides is 1. The van der Waals surface area contributed by atoms with Crippen LogP contribution >= 0.6 is 23.2 Å². The summed E-state index contributed by atoms with van der Waals surface area (Å²) in [6.07, 6.45) is 1.87. The van der Waals surface area contributed by atoms with E-state index in [0.29, 0.717) is 18.7 Å². The Hall–Kier alpha value is -2.00. The Morgan fingerprint density at radius 2 is 1.91 bits per heavy atom. The second kappa shape index (κ2) is 11.0. The van der Waals surface area contributed by atoms with Crippen molar-refractivity contribution in [3.05, 3.63) is 52.0 Å². The zero-order chi connectivity index (χ0) is 24.2. The molecule has 0 N–H and O–H groups in total. The Bertz CT molecular complexity index is 1100. The van der Waals surface area contributed by atoms with E-state index in [0.717, 1.165) is 12.8 Å². The van der Waals surface area contributed by atoms with Gasteiger partial charge in [-0.2, -0.15) is 8.42 Å². The van der Waals surface area contributed by atoms with Crippen LogP contribution in [0.2, 0.25) is 10.0 Å². The van der Waals surface area contributed by atoms with E-state index in [-0.39, 0.29) is 50.9 Å². The van der Waals surface area contributed by atoms with Gasteiger partial charge in [-0.05, 0) is 48.7 Å². The molecule has 0 unspecified atom stereocenters. The molecule has 2 aromatic rings. The summed E-state index contributed by atoms with van der Waals surface area (Å²) in [5.74, 6) is 0.0565. The number of hydrogen-bond acceptors (Lipinski definition) is 6. The van der Waals surface area contributed by atoms with Gasteiger partial charge in [-0.15, -0.1) is 0 Å². The molecule has 0 saturated carbocycles. The van der Waals surface area contributed by atoms with Crippen molar-refractivity contribution in [2.45, 2.75) is 44.2 Å². The van der Waals surface area contributed by atoms with Crippen molar-refractivity contribution in [2.75, 3.05) is 20.3 Å². The van der Waals surface area contributed by atoms with Crippen LogP contribution in [0, 0.1) is 5.92 Å². The van der Waals surface area contributed by atoms with Crippen molar-refractivity contribution in [1.29, 1.82) is 0 Å². The molecule has 1 atom stereocenters. The molecule has 1 amide bonds. The summed E-state index contributed by atoms with van der Waals surface area (Å²) in [6, 6.07) is 8.86. The number of benzene rings is 2. The number of carbonyl (C=O) groups is 1. The number of rotatable bonds is 9. The Balaban J connectivity index is 1.86. The molecule has 10 heteroatoms. The quantitative estimate of drug-likeness (QED) is 0.440. The molecule has 1 aliphatic rings. The van der Waals surface area contributed by atoms with Crippen molar-refractivity contribution in [2.24, 2.45) is 5.92 Å². The smallest absolute Gasteiger partial charge is 0.339 e. The monoisotopic (exact) mass is 515 g/mol. The third kappa shape index (κ3) is 6.53. The largest absolute Gasteiger partial charge is 0.493 e. The van der Waals surface area contributed by atoms with Crippen LogP contribution in [-0.2, 0) is 26.2 Å². The van der Waals surface area contributed by atoms with Gasteiger partial charge in [0.2, 0.25) is 5.91 Å². The second-order valence-corrected chi connectivity index (χ2v) is 10.5. The lowest BCUT2D eigenvalue weighted by Crippen LogP contribution is -2.39. The van der Waals surface area contributed by atoms with Crippen molar-refractivity contribution in [1.82, 2.24) is 4.90 Å². The highest BCUT2D eigenvalue weighted by atomic mass is 35.5. The van der Waals surface area contributed by atoms with Crippen LogP contribution in [0.4, 0.5) is 0 Å². The van der Waals surface area contributed by atoms with Crippen molar-refractivity contribution < 1.29 is 26.9 Å². The molecule has 33 heavy (non-hydrogen) atoms. The summed E-state index contributed by atoms with van der Waals surface area (Å²) in [4.78, 5) is 14.4. The van der Waals surface area contributed by atoms with E-state index in [2.05, 4.69) is 0 Å². The van der Waals surface area contributed by atoms with Crippen LogP contribution in [0.3, 0.4) is 0 Å². The van der Waals surface area contributed by atoms with E-state index in [1.165, 1.54) is 25.3 Å². The molecule has 0 aromatic heterocycles. The van der Waals surface area contributed by atoms with Gasteiger partial charge in [-0.3, -0.25) is 4.79 Å². The predicted octanol–water partition coefficient (Wildman–Crippen LogP) is 4.93. The maximum absolute atomic E-state index is 12.8. The summed E-state index contributed by atoms with van der Waals surface area (Å²) in [7, 11) is -2.79. The Labute approximate surface area is 204 Å². The van der Waals surface area contributed by atoms with Crippen LogP contribution in [0.25, 0.3) is 0 Å². The summed E-state index contributed by atoms with van der Waals surface area (Å²) in [5, 5.41) is 0.329. The zero-order valence-electron chi connectivity index (χ0n) is 18.7. The Morgan fingerprint density at radius 3 is 2.52 bits per heavy atom. The molecule has 180 valence electrons. The van der Waals surface area contributed by atoms with Crippen molar-refractivity contribution >= 4 is 39.2 Å². The predicted molar refractivity (Wildman–Crippen MR) is 126 cm³/mol. The number of methoxy groups -OCH3 is 1. The first kappa shape index (κ1) is 25.6. The van der Waals surface area contributed by atoms with Gasteiger partial charge in [0.1, 0.15) is 4.90 Å². The molecule has 3 rings (SSSR count). The molecule has 0 radical (unpaired) electrons. The molecule has 1 fully saturated rings. The fourth-order valence-electron chi connectivity index (χ4n) is 3.54. The average Bonchev–Trinajstić information content (AvgIpc) is 3.27. The molecule has 2 aromatic carbocycles. The summed E-state index contributed by atoms with van der Waals surface area (Å²) in [6.45, 7) is 5.14. The summed E-state index contributed by atoms with van der Waals surface area (Å²) >= 11 is 11.9. The van der Waals surface area contributed by atoms with Gasteiger partial charge in [-0.25, -0.2) is 0 Å². The minimum Gasteiger partial charge on any atom is -0.493 e. The number of halogens is 2. The van der Waals surface area contributed by atoms with Crippen molar-refractivity contribution in [3.8, 4) is 11.5 Å². The number of nitrogens with zero attached hydrogens (tertiary/aromatic N) is 1. The standard InChI is InChI=1S/C23H27Cl2NO6S/c1-15(2)23(27)26(14-17-5-4-10-31-17)13-16-6-9-21(30-3)22(11-16)32-33(28,29)18-7-8-19(24)20(25)12-18/h6-9,11-12,15,17H,4-5,10,13-14H2,1-3H3/t17-/m1/s1. The Kier molecular flexibility index (Phi) is 8.50. The number of carbonyl (C=O) groups excluding carboxylic acids is 1. The first-order valence-electron chi connectivity index (χ1n) is 10.6. The first-order valence-corrected chi connectivity index (χ1v) is 12.7. The lowest BCUT2D eigenvalue weighted by Gasteiger charge is -2.27. The van der Waals surface area contributed by atoms with Gasteiger partial charge in [0, 0.05) is 25.6 Å². The molecule has 1 heterocycles. The van der Waals surface area contributed by atoms with E-state index in [1.807, 2.05) is 13.8 Å². The maximum Gasteiger partial charge on any atom is 0.339 e. The number of ether oxygens (including phenoxy) is 2. The van der Waals surface area contributed by atoms with E-state index in [4.69, 9.17) is 36.9 Å². The van der Waals surface area contributed by atoms with Gasteiger partial charge in [0.25, 0.3) is 0 Å². The van der Waals surface area contributed by atoms with Crippen LogP contribution in [0.5, 0.6) is 11.5 Å². The molecule has 7 nitrogen and oxygen atoms in total. The minimum absolute atomic E-state index is 0.00306. The van der Waals surface area contributed by atoms with Gasteiger partial charge < -0.3 is 18.6 Å². The molecule has 0 aliphatic carbocycles. The molecule has 0 spiro atoms. The third-order valence-corrected chi connectivity index (χ3v) is 7.20. The lowest BCUT2D eigenvalue weighted by atomic mass is 10.1. The highest BCUT2D eigenvalue weighted by molar-refractivity contribution is 7.87. The topological polar surface area (TPSA) is 82.1 Å². The summed E-state index contributed by atoms with van der Waals surface area (Å²) < 4.78 is 42.0. The van der Waals surface area contributed by atoms with Gasteiger partial charge in [0.05, 0.1) is 23.3 Å². The zero-order valence-corrected chi connectivity index (χ0v) is 21.0. The van der Waals surface area contributed by atoms with Gasteiger partial charge in [-0.1, -0.05) is 43.1 Å². The summed E-state index contributed by atoms with van der Waals surface area (Å²) in [5.41, 5.74) is 0.696. The first-order chi connectivity index (χ1) is 15.6. The Morgan fingerprint density at radius 1 is 1.15 bits per heavy atom. The fourth-order valence-corrected chi connectivity index (χ4v) is 4.86. The highest BCUT2D eigenvalue weighted by Crippen LogP contribution is 2.33. The molecule has 0 bridgehead atoms. The molecular weight excluding hydrogens is 489 g/mol. The average molecular weight is 516 g/mol. The van der Waals surface area contributed by atoms with Gasteiger partial charge in [0.15, 0.2) is 11.5 Å². The fraction of sp³-hybridized carbons (Fsp3) is 0.435. The van der Waals surface area contributed by atoms with E-state index in [1.54, 1.807) is 23.1 Å². The highest BCUT2D eigenvalue weighted by Gasteiger charge is 2.25. The maximum atomic E-state index is 12.8. The second-order valence-electron chi connectivity index (χ2n) is 8.11. The molecule has 1 aliphatic heterocycles. The van der Waals surface area contributed by atoms with Crippen LogP contribution in [0.15, 0.2) is 41.3 Å². The van der Waals surface area contributed by atoms with E-state index in [9.17, 15) is 13.2 Å².